The second-order valence-electron chi connectivity index (χ2n) is 5.67. The summed E-state index contributed by atoms with van der Waals surface area (Å²) in [7, 11) is 0. The number of nitrogens with zero attached hydrogens (tertiary/aromatic N) is 1. The molecule has 1 fully saturated rings. The first-order chi connectivity index (χ1) is 9.66. The zero-order valence-electron chi connectivity index (χ0n) is 12.9. The smallest absolute Gasteiger partial charge is 0.238 e. The summed E-state index contributed by atoms with van der Waals surface area (Å²) in [5.41, 5.74) is 2.14. The van der Waals surface area contributed by atoms with Crippen LogP contribution in [0.5, 0.6) is 0 Å². The highest BCUT2D eigenvalue weighted by atomic mass is 35.5. The molecule has 1 aliphatic heterocycles. The highest BCUT2D eigenvalue weighted by molar-refractivity contribution is 5.93. The molecule has 1 aromatic rings. The van der Waals surface area contributed by atoms with Crippen molar-refractivity contribution in [2.45, 2.75) is 26.2 Å². The second kappa shape index (κ2) is 9.03. The van der Waals surface area contributed by atoms with E-state index in [-0.39, 0.29) is 18.3 Å². The molecule has 2 rings (SSSR count). The van der Waals surface area contributed by atoms with Crippen LogP contribution in [0.2, 0.25) is 0 Å². The molecule has 1 amide bonds. The Morgan fingerprint density at radius 1 is 1.29 bits per heavy atom. The van der Waals surface area contributed by atoms with E-state index >= 15 is 0 Å². The summed E-state index contributed by atoms with van der Waals surface area (Å²) in [5.74, 6) is 0.494. The van der Waals surface area contributed by atoms with Crippen LogP contribution in [0, 0.1) is 0 Å². The van der Waals surface area contributed by atoms with Crippen LogP contribution in [-0.2, 0) is 4.79 Å². The molecule has 0 atom stereocenters. The van der Waals surface area contributed by atoms with Gasteiger partial charge in [0.05, 0.1) is 6.54 Å². The number of para-hydroxylation sites is 1. The van der Waals surface area contributed by atoms with E-state index in [1.807, 2.05) is 18.2 Å². The molecular weight excluding hydrogens is 286 g/mol. The van der Waals surface area contributed by atoms with E-state index in [2.05, 4.69) is 35.4 Å². The van der Waals surface area contributed by atoms with Crippen molar-refractivity contribution in [1.29, 1.82) is 0 Å². The van der Waals surface area contributed by atoms with Crippen molar-refractivity contribution in [1.82, 2.24) is 10.2 Å². The third-order valence-corrected chi connectivity index (χ3v) is 3.66. The topological polar surface area (TPSA) is 44.4 Å². The van der Waals surface area contributed by atoms with Crippen LogP contribution in [-0.4, -0.2) is 43.5 Å². The van der Waals surface area contributed by atoms with Gasteiger partial charge in [-0.2, -0.15) is 0 Å². The fourth-order valence-corrected chi connectivity index (χ4v) is 2.57. The van der Waals surface area contributed by atoms with Gasteiger partial charge in [-0.05, 0) is 37.1 Å². The number of rotatable bonds is 4. The van der Waals surface area contributed by atoms with Crippen LogP contribution in [0.25, 0.3) is 0 Å². The molecular formula is C16H26ClN3O. The first-order valence-corrected chi connectivity index (χ1v) is 7.48. The molecule has 0 radical (unpaired) electrons. The Balaban J connectivity index is 0.00000220. The number of amides is 1. The number of nitrogens with one attached hydrogen (secondary N) is 2. The van der Waals surface area contributed by atoms with Gasteiger partial charge in [0.15, 0.2) is 0 Å². The quantitative estimate of drug-likeness (QED) is 0.898. The number of carbonyl (C=O) groups is 1. The van der Waals surface area contributed by atoms with Gasteiger partial charge in [-0.25, -0.2) is 0 Å². The molecule has 1 heterocycles. The van der Waals surface area contributed by atoms with Crippen molar-refractivity contribution in [3.63, 3.8) is 0 Å². The molecule has 0 unspecified atom stereocenters. The molecule has 0 spiro atoms. The van der Waals surface area contributed by atoms with E-state index in [0.29, 0.717) is 12.5 Å². The van der Waals surface area contributed by atoms with Gasteiger partial charge < -0.3 is 10.6 Å². The fraction of sp³-hybridized carbons (Fsp3) is 0.562. The number of hydrogen-bond donors (Lipinski definition) is 2. The zero-order valence-corrected chi connectivity index (χ0v) is 13.7. The van der Waals surface area contributed by atoms with Crippen molar-refractivity contribution in [2.24, 2.45) is 0 Å². The van der Waals surface area contributed by atoms with Crippen molar-refractivity contribution in [2.75, 3.05) is 38.0 Å². The van der Waals surface area contributed by atoms with Gasteiger partial charge in [-0.3, -0.25) is 9.69 Å². The van der Waals surface area contributed by atoms with E-state index in [9.17, 15) is 4.79 Å². The van der Waals surface area contributed by atoms with Crippen LogP contribution < -0.4 is 10.6 Å². The third kappa shape index (κ3) is 5.65. The van der Waals surface area contributed by atoms with E-state index in [1.54, 1.807) is 0 Å². The average Bonchev–Trinajstić information content (AvgIpc) is 2.67. The van der Waals surface area contributed by atoms with Crippen molar-refractivity contribution in [3.05, 3.63) is 29.8 Å². The second-order valence-corrected chi connectivity index (χ2v) is 5.67. The molecule has 5 heteroatoms. The molecule has 1 aliphatic rings. The van der Waals surface area contributed by atoms with Crippen LogP contribution in [0.4, 0.5) is 5.69 Å². The maximum atomic E-state index is 12.2. The first kappa shape index (κ1) is 18.0. The van der Waals surface area contributed by atoms with E-state index in [4.69, 9.17) is 0 Å². The molecule has 0 aromatic heterocycles. The van der Waals surface area contributed by atoms with Gasteiger partial charge in [0.2, 0.25) is 5.91 Å². The van der Waals surface area contributed by atoms with Crippen molar-refractivity contribution in [3.8, 4) is 0 Å². The van der Waals surface area contributed by atoms with Gasteiger partial charge in [0.1, 0.15) is 0 Å². The van der Waals surface area contributed by atoms with Gasteiger partial charge in [0, 0.05) is 18.8 Å². The largest absolute Gasteiger partial charge is 0.325 e. The molecule has 1 aromatic carbocycles. The standard InChI is InChI=1S/C16H25N3O.ClH/c1-13(2)14-6-3-4-7-15(14)18-16(20)12-19-10-5-8-17-9-11-19;/h3-4,6-7,13,17H,5,8-12H2,1-2H3,(H,18,20);1H. The third-order valence-electron chi connectivity index (χ3n) is 3.66. The number of carbonyl (C=O) groups excluding carboxylic acids is 1. The normalized spacial score (nSPS) is 16.1. The maximum Gasteiger partial charge on any atom is 0.238 e. The summed E-state index contributed by atoms with van der Waals surface area (Å²) in [4.78, 5) is 14.4. The van der Waals surface area contributed by atoms with Gasteiger partial charge in [-0.15, -0.1) is 12.4 Å². The first-order valence-electron chi connectivity index (χ1n) is 7.48. The summed E-state index contributed by atoms with van der Waals surface area (Å²) in [6, 6.07) is 8.05. The molecule has 4 nitrogen and oxygen atoms in total. The minimum atomic E-state index is 0. The predicted octanol–water partition coefficient (Wildman–Crippen LogP) is 2.47. The Bertz CT molecular complexity index is 443. The monoisotopic (exact) mass is 311 g/mol. The Hall–Kier alpha value is -1.10. The molecule has 1 saturated heterocycles. The lowest BCUT2D eigenvalue weighted by Gasteiger charge is -2.20. The Morgan fingerprint density at radius 2 is 2.05 bits per heavy atom. The summed E-state index contributed by atoms with van der Waals surface area (Å²) in [6.07, 6.45) is 1.11. The Labute approximate surface area is 133 Å². The molecule has 21 heavy (non-hydrogen) atoms. The van der Waals surface area contributed by atoms with Gasteiger partial charge in [0.25, 0.3) is 0 Å². The molecule has 118 valence electrons. The molecule has 2 N–H and O–H groups in total. The maximum absolute atomic E-state index is 12.2. The minimum absolute atomic E-state index is 0. The van der Waals surface area contributed by atoms with Crippen molar-refractivity contribution < 1.29 is 4.79 Å². The summed E-state index contributed by atoms with van der Waals surface area (Å²) in [5, 5.41) is 6.41. The highest BCUT2D eigenvalue weighted by Gasteiger charge is 2.14. The number of benzene rings is 1. The van der Waals surface area contributed by atoms with Crippen LogP contribution in [0.3, 0.4) is 0 Å². The lowest BCUT2D eigenvalue weighted by atomic mass is 10.0. The van der Waals surface area contributed by atoms with E-state index in [1.165, 1.54) is 5.56 Å². The van der Waals surface area contributed by atoms with Crippen LogP contribution in [0.1, 0.15) is 31.7 Å². The SMILES string of the molecule is CC(C)c1ccccc1NC(=O)CN1CCCNCC1.Cl. The minimum Gasteiger partial charge on any atom is -0.325 e. The van der Waals surface area contributed by atoms with E-state index in [0.717, 1.165) is 38.3 Å². The number of anilines is 1. The van der Waals surface area contributed by atoms with Crippen LogP contribution in [0.15, 0.2) is 24.3 Å². The highest BCUT2D eigenvalue weighted by Crippen LogP contribution is 2.23. The predicted molar refractivity (Wildman–Crippen MR) is 90.3 cm³/mol. The lowest BCUT2D eigenvalue weighted by molar-refractivity contribution is -0.117. The zero-order chi connectivity index (χ0) is 14.4. The molecule has 0 saturated carbocycles. The van der Waals surface area contributed by atoms with Crippen LogP contribution >= 0.6 is 12.4 Å². The molecule has 0 aliphatic carbocycles. The Morgan fingerprint density at radius 3 is 2.81 bits per heavy atom. The van der Waals surface area contributed by atoms with Crippen molar-refractivity contribution >= 4 is 24.0 Å². The molecule has 0 bridgehead atoms. The Kier molecular flexibility index (Phi) is 7.72. The summed E-state index contributed by atoms with van der Waals surface area (Å²) in [6.45, 7) is 8.72. The van der Waals surface area contributed by atoms with E-state index < -0.39 is 0 Å². The fourth-order valence-electron chi connectivity index (χ4n) is 2.57. The summed E-state index contributed by atoms with van der Waals surface area (Å²) >= 11 is 0. The van der Waals surface area contributed by atoms with Gasteiger partial charge >= 0.3 is 0 Å². The number of halogens is 1. The number of hydrogen-bond acceptors (Lipinski definition) is 3. The van der Waals surface area contributed by atoms with Gasteiger partial charge in [-0.1, -0.05) is 32.0 Å². The average molecular weight is 312 g/mol. The lowest BCUT2D eigenvalue weighted by Crippen LogP contribution is -2.35. The summed E-state index contributed by atoms with van der Waals surface area (Å²) < 4.78 is 0.